The van der Waals surface area contributed by atoms with Crippen molar-refractivity contribution in [1.29, 1.82) is 0 Å². The summed E-state index contributed by atoms with van der Waals surface area (Å²) < 4.78 is 27.2. The van der Waals surface area contributed by atoms with E-state index in [4.69, 9.17) is 11.6 Å². The topological polar surface area (TPSA) is 46.2 Å². The smallest absolute Gasteiger partial charge is 0.207 e. The van der Waals surface area contributed by atoms with Crippen LogP contribution in [0.1, 0.15) is 24.1 Å². The highest BCUT2D eigenvalue weighted by Gasteiger charge is 2.18. The fourth-order valence-corrected chi connectivity index (χ4v) is 3.28. The number of hydrogen-bond acceptors (Lipinski definition) is 2. The molecule has 2 aromatic rings. The number of halogens is 1. The Labute approximate surface area is 124 Å². The van der Waals surface area contributed by atoms with E-state index in [1.165, 1.54) is 12.1 Å². The van der Waals surface area contributed by atoms with E-state index in [-0.39, 0.29) is 10.9 Å². The second-order valence-electron chi connectivity index (χ2n) is 4.71. The van der Waals surface area contributed by atoms with Crippen molar-refractivity contribution in [2.75, 3.05) is 0 Å². The second kappa shape index (κ2) is 5.95. The van der Waals surface area contributed by atoms with Crippen molar-refractivity contribution < 1.29 is 8.42 Å². The Morgan fingerprint density at radius 2 is 1.75 bits per heavy atom. The van der Waals surface area contributed by atoms with Crippen LogP contribution in [0.25, 0.3) is 0 Å². The highest BCUT2D eigenvalue weighted by atomic mass is 35.5. The van der Waals surface area contributed by atoms with Gasteiger partial charge in [-0.3, -0.25) is 0 Å². The van der Waals surface area contributed by atoms with Gasteiger partial charge < -0.3 is 0 Å². The van der Waals surface area contributed by atoms with Crippen molar-refractivity contribution >= 4 is 21.6 Å². The maximum atomic E-state index is 12.3. The van der Waals surface area contributed by atoms with Gasteiger partial charge in [0, 0.05) is 11.1 Å². The van der Waals surface area contributed by atoms with Crippen LogP contribution in [0.3, 0.4) is 0 Å². The van der Waals surface area contributed by atoms with Gasteiger partial charge in [0.15, 0.2) is 0 Å². The predicted octanol–water partition coefficient (Wildman–Crippen LogP) is 3.69. The van der Waals surface area contributed by atoms with Crippen molar-refractivity contribution in [2.24, 2.45) is 0 Å². The van der Waals surface area contributed by atoms with Crippen LogP contribution in [0.4, 0.5) is 0 Å². The number of rotatable bonds is 4. The molecule has 0 heterocycles. The summed E-state index contributed by atoms with van der Waals surface area (Å²) in [5.74, 6) is 0. The van der Waals surface area contributed by atoms with Crippen molar-refractivity contribution in [3.8, 4) is 0 Å². The molecular formula is C15H16ClNO2S. The highest BCUT2D eigenvalue weighted by molar-refractivity contribution is 7.89. The van der Waals surface area contributed by atoms with E-state index >= 15 is 0 Å². The summed E-state index contributed by atoms with van der Waals surface area (Å²) in [6, 6.07) is 13.6. The molecule has 0 aliphatic heterocycles. The molecule has 0 fully saturated rings. The normalized spacial score (nSPS) is 13.2. The van der Waals surface area contributed by atoms with Gasteiger partial charge in [-0.1, -0.05) is 41.4 Å². The Morgan fingerprint density at radius 3 is 2.35 bits per heavy atom. The van der Waals surface area contributed by atoms with Crippen LogP contribution < -0.4 is 4.72 Å². The summed E-state index contributed by atoms with van der Waals surface area (Å²) in [5, 5.41) is 0.510. The minimum absolute atomic E-state index is 0.210. The highest BCUT2D eigenvalue weighted by Crippen LogP contribution is 2.19. The van der Waals surface area contributed by atoms with Crippen LogP contribution >= 0.6 is 11.6 Å². The molecule has 0 aliphatic rings. The number of sulfonamides is 1. The largest absolute Gasteiger partial charge is 0.241 e. The van der Waals surface area contributed by atoms with E-state index in [0.717, 1.165) is 11.1 Å². The first-order valence-electron chi connectivity index (χ1n) is 6.23. The molecule has 0 saturated heterocycles. The van der Waals surface area contributed by atoms with Crippen molar-refractivity contribution in [1.82, 2.24) is 4.72 Å². The third kappa shape index (κ3) is 3.60. The molecule has 106 valence electrons. The number of benzene rings is 2. The van der Waals surface area contributed by atoms with Gasteiger partial charge >= 0.3 is 0 Å². The van der Waals surface area contributed by atoms with Gasteiger partial charge in [-0.2, -0.15) is 0 Å². The summed E-state index contributed by atoms with van der Waals surface area (Å²) in [5.41, 5.74) is 2.03. The monoisotopic (exact) mass is 309 g/mol. The molecule has 0 aromatic heterocycles. The van der Waals surface area contributed by atoms with Gasteiger partial charge in [0.1, 0.15) is 0 Å². The minimum atomic E-state index is -3.55. The van der Waals surface area contributed by atoms with Crippen LogP contribution in [-0.4, -0.2) is 8.42 Å². The molecule has 0 radical (unpaired) electrons. The van der Waals surface area contributed by atoms with Gasteiger partial charge in [-0.15, -0.1) is 0 Å². The van der Waals surface area contributed by atoms with Gasteiger partial charge in [0.2, 0.25) is 10.0 Å². The average molecular weight is 310 g/mol. The molecule has 1 unspecified atom stereocenters. The lowest BCUT2D eigenvalue weighted by Gasteiger charge is -2.15. The molecule has 5 heteroatoms. The zero-order valence-electron chi connectivity index (χ0n) is 11.3. The van der Waals surface area contributed by atoms with Gasteiger partial charge in [0.25, 0.3) is 0 Å². The molecule has 0 bridgehead atoms. The minimum Gasteiger partial charge on any atom is -0.207 e. The third-order valence-electron chi connectivity index (χ3n) is 3.00. The SMILES string of the molecule is Cc1cccc(C(C)NS(=O)(=O)c2ccc(Cl)cc2)c1. The fraction of sp³-hybridized carbons (Fsp3) is 0.200. The zero-order valence-corrected chi connectivity index (χ0v) is 12.9. The van der Waals surface area contributed by atoms with Gasteiger partial charge in [-0.25, -0.2) is 13.1 Å². The molecule has 2 rings (SSSR count). The second-order valence-corrected chi connectivity index (χ2v) is 6.86. The first-order chi connectivity index (χ1) is 9.38. The van der Waals surface area contributed by atoms with Crippen molar-refractivity contribution in [2.45, 2.75) is 24.8 Å². The van der Waals surface area contributed by atoms with Crippen LogP contribution in [0.15, 0.2) is 53.4 Å². The number of nitrogens with one attached hydrogen (secondary N) is 1. The lowest BCUT2D eigenvalue weighted by Crippen LogP contribution is -2.26. The molecular weight excluding hydrogens is 294 g/mol. The first-order valence-corrected chi connectivity index (χ1v) is 8.09. The maximum Gasteiger partial charge on any atom is 0.241 e. The molecule has 2 aromatic carbocycles. The maximum absolute atomic E-state index is 12.3. The van der Waals surface area contributed by atoms with Crippen LogP contribution in [0.2, 0.25) is 5.02 Å². The van der Waals surface area contributed by atoms with Crippen LogP contribution in [-0.2, 0) is 10.0 Å². The molecule has 0 spiro atoms. The zero-order chi connectivity index (χ0) is 14.8. The summed E-state index contributed by atoms with van der Waals surface area (Å²) in [6.45, 7) is 3.80. The molecule has 20 heavy (non-hydrogen) atoms. The summed E-state index contributed by atoms with van der Waals surface area (Å²) in [4.78, 5) is 0.210. The summed E-state index contributed by atoms with van der Waals surface area (Å²) in [6.07, 6.45) is 0. The van der Waals surface area contributed by atoms with E-state index in [1.54, 1.807) is 12.1 Å². The Bertz CT molecular complexity index is 696. The Kier molecular flexibility index (Phi) is 4.48. The molecule has 0 aliphatic carbocycles. The van der Waals surface area contributed by atoms with Gasteiger partial charge in [0.05, 0.1) is 4.90 Å². The number of aryl methyl sites for hydroxylation is 1. The Balaban J connectivity index is 2.22. The van der Waals surface area contributed by atoms with E-state index < -0.39 is 10.0 Å². The first kappa shape index (κ1) is 15.0. The average Bonchev–Trinajstić information content (AvgIpc) is 2.38. The van der Waals surface area contributed by atoms with Crippen LogP contribution in [0.5, 0.6) is 0 Å². The lowest BCUT2D eigenvalue weighted by atomic mass is 10.1. The van der Waals surface area contributed by atoms with E-state index in [1.807, 2.05) is 38.1 Å². The standard InChI is InChI=1S/C15H16ClNO2S/c1-11-4-3-5-13(10-11)12(2)17-20(18,19)15-8-6-14(16)7-9-15/h3-10,12,17H,1-2H3. The Morgan fingerprint density at radius 1 is 1.10 bits per heavy atom. The number of hydrogen-bond donors (Lipinski definition) is 1. The lowest BCUT2D eigenvalue weighted by molar-refractivity contribution is 0.567. The quantitative estimate of drug-likeness (QED) is 0.936. The van der Waals surface area contributed by atoms with Crippen LogP contribution in [0, 0.1) is 6.92 Å². The van der Waals surface area contributed by atoms with E-state index in [2.05, 4.69) is 4.72 Å². The molecule has 0 amide bonds. The molecule has 1 N–H and O–H groups in total. The van der Waals surface area contributed by atoms with Crippen molar-refractivity contribution in [3.05, 3.63) is 64.7 Å². The summed E-state index contributed by atoms with van der Waals surface area (Å²) in [7, 11) is -3.55. The summed E-state index contributed by atoms with van der Waals surface area (Å²) >= 11 is 5.77. The van der Waals surface area contributed by atoms with E-state index in [0.29, 0.717) is 5.02 Å². The molecule has 3 nitrogen and oxygen atoms in total. The van der Waals surface area contributed by atoms with Crippen molar-refractivity contribution in [3.63, 3.8) is 0 Å². The fourth-order valence-electron chi connectivity index (χ4n) is 1.92. The van der Waals surface area contributed by atoms with E-state index in [9.17, 15) is 8.42 Å². The predicted molar refractivity (Wildman–Crippen MR) is 81.4 cm³/mol. The Hall–Kier alpha value is -1.36. The van der Waals surface area contributed by atoms with Gasteiger partial charge in [-0.05, 0) is 43.7 Å². The molecule has 1 atom stereocenters. The third-order valence-corrected chi connectivity index (χ3v) is 4.81. The molecule has 0 saturated carbocycles.